The monoisotopic (exact) mass is 271 g/mol. The Morgan fingerprint density at radius 1 is 1.35 bits per heavy atom. The highest BCUT2D eigenvalue weighted by molar-refractivity contribution is 5.94. The van der Waals surface area contributed by atoms with Gasteiger partial charge in [-0.3, -0.25) is 4.79 Å². The molecule has 0 fully saturated rings. The van der Waals surface area contributed by atoms with Crippen LogP contribution in [0, 0.1) is 0 Å². The lowest BCUT2D eigenvalue weighted by molar-refractivity contribution is 0.0784. The zero-order valence-corrected chi connectivity index (χ0v) is 11.5. The predicted molar refractivity (Wildman–Crippen MR) is 77.4 cm³/mol. The van der Waals surface area contributed by atoms with Crippen molar-refractivity contribution < 1.29 is 9.53 Å². The number of nitrogen functional groups attached to an aromatic ring is 1. The SMILES string of the molecule is COc1ccccc1CN(C)C(=O)c1ccnc(N)c1. The molecule has 5 nitrogen and oxygen atoms in total. The average Bonchev–Trinajstić information content (AvgIpc) is 2.47. The minimum atomic E-state index is -0.106. The molecule has 1 heterocycles. The van der Waals surface area contributed by atoms with Gasteiger partial charge in [0.05, 0.1) is 7.11 Å². The molecule has 1 aromatic heterocycles. The number of hydrogen-bond donors (Lipinski definition) is 1. The molecule has 0 bridgehead atoms. The van der Waals surface area contributed by atoms with Crippen molar-refractivity contribution in [2.45, 2.75) is 6.54 Å². The number of methoxy groups -OCH3 is 1. The molecule has 0 radical (unpaired) electrons. The zero-order chi connectivity index (χ0) is 14.5. The summed E-state index contributed by atoms with van der Waals surface area (Å²) >= 11 is 0. The summed E-state index contributed by atoms with van der Waals surface area (Å²) in [6, 6.07) is 10.8. The smallest absolute Gasteiger partial charge is 0.254 e. The van der Waals surface area contributed by atoms with E-state index in [1.165, 1.54) is 6.20 Å². The first-order valence-corrected chi connectivity index (χ1v) is 6.20. The molecule has 0 saturated heterocycles. The number of ether oxygens (including phenoxy) is 1. The molecule has 1 amide bonds. The molecule has 0 spiro atoms. The number of carbonyl (C=O) groups excluding carboxylic acids is 1. The summed E-state index contributed by atoms with van der Waals surface area (Å²) in [7, 11) is 3.36. The summed E-state index contributed by atoms with van der Waals surface area (Å²) in [5.41, 5.74) is 7.07. The van der Waals surface area contributed by atoms with Gasteiger partial charge in [-0.05, 0) is 18.2 Å². The van der Waals surface area contributed by atoms with E-state index in [2.05, 4.69) is 4.98 Å². The first kappa shape index (κ1) is 13.9. The Kier molecular flexibility index (Phi) is 4.20. The molecule has 5 heteroatoms. The Bertz CT molecular complexity index is 614. The molecular weight excluding hydrogens is 254 g/mol. The summed E-state index contributed by atoms with van der Waals surface area (Å²) in [6.07, 6.45) is 1.53. The van der Waals surface area contributed by atoms with Gasteiger partial charge in [0.1, 0.15) is 11.6 Å². The van der Waals surface area contributed by atoms with Gasteiger partial charge >= 0.3 is 0 Å². The third-order valence-electron chi connectivity index (χ3n) is 2.97. The first-order valence-electron chi connectivity index (χ1n) is 6.20. The van der Waals surface area contributed by atoms with Gasteiger partial charge in [-0.1, -0.05) is 18.2 Å². The molecule has 0 atom stereocenters. The van der Waals surface area contributed by atoms with E-state index in [1.807, 2.05) is 24.3 Å². The lowest BCUT2D eigenvalue weighted by atomic mass is 10.1. The Balaban J connectivity index is 2.15. The quantitative estimate of drug-likeness (QED) is 0.922. The number of nitrogens with two attached hydrogens (primary N) is 1. The van der Waals surface area contributed by atoms with Crippen LogP contribution in [0.15, 0.2) is 42.6 Å². The van der Waals surface area contributed by atoms with Gasteiger partial charge in [0.15, 0.2) is 0 Å². The molecule has 1 aromatic carbocycles. The summed E-state index contributed by atoms with van der Waals surface area (Å²) in [5.74, 6) is 0.993. The summed E-state index contributed by atoms with van der Waals surface area (Å²) in [4.78, 5) is 17.8. The molecule has 2 rings (SSSR count). The molecule has 0 unspecified atom stereocenters. The second-order valence-corrected chi connectivity index (χ2v) is 4.44. The van der Waals surface area contributed by atoms with Crippen molar-refractivity contribution in [2.75, 3.05) is 19.9 Å². The fraction of sp³-hybridized carbons (Fsp3) is 0.200. The van der Waals surface area contributed by atoms with Gasteiger partial charge in [0, 0.05) is 30.9 Å². The van der Waals surface area contributed by atoms with E-state index in [-0.39, 0.29) is 5.91 Å². The van der Waals surface area contributed by atoms with E-state index in [0.717, 1.165) is 11.3 Å². The first-order chi connectivity index (χ1) is 9.61. The van der Waals surface area contributed by atoms with Crippen molar-refractivity contribution in [2.24, 2.45) is 0 Å². The van der Waals surface area contributed by atoms with Crippen LogP contribution in [-0.4, -0.2) is 29.9 Å². The van der Waals surface area contributed by atoms with Crippen LogP contribution in [0.2, 0.25) is 0 Å². The van der Waals surface area contributed by atoms with Crippen molar-refractivity contribution in [1.82, 2.24) is 9.88 Å². The van der Waals surface area contributed by atoms with Crippen LogP contribution >= 0.6 is 0 Å². The lowest BCUT2D eigenvalue weighted by Gasteiger charge is -2.19. The fourth-order valence-corrected chi connectivity index (χ4v) is 1.96. The van der Waals surface area contributed by atoms with E-state index in [0.29, 0.717) is 17.9 Å². The number of rotatable bonds is 4. The Hall–Kier alpha value is -2.56. The predicted octanol–water partition coefficient (Wildman–Crippen LogP) is 1.94. The van der Waals surface area contributed by atoms with E-state index < -0.39 is 0 Å². The van der Waals surface area contributed by atoms with Crippen LogP contribution in [0.3, 0.4) is 0 Å². The van der Waals surface area contributed by atoms with Gasteiger partial charge < -0.3 is 15.4 Å². The summed E-state index contributed by atoms with van der Waals surface area (Å²) in [5, 5.41) is 0. The minimum absolute atomic E-state index is 0.106. The maximum atomic E-state index is 12.3. The number of pyridine rings is 1. The van der Waals surface area contributed by atoms with Crippen LogP contribution in [0.1, 0.15) is 15.9 Å². The standard InChI is InChI=1S/C15H17N3O2/c1-18(10-12-5-3-4-6-13(12)20-2)15(19)11-7-8-17-14(16)9-11/h3-9H,10H2,1-2H3,(H2,16,17). The van der Waals surface area contributed by atoms with Crippen LogP contribution in [-0.2, 0) is 6.54 Å². The van der Waals surface area contributed by atoms with Gasteiger partial charge in [0.2, 0.25) is 0 Å². The van der Waals surface area contributed by atoms with Gasteiger partial charge in [-0.2, -0.15) is 0 Å². The third-order valence-corrected chi connectivity index (χ3v) is 2.97. The van der Waals surface area contributed by atoms with E-state index in [9.17, 15) is 4.79 Å². The largest absolute Gasteiger partial charge is 0.496 e. The molecule has 0 aliphatic carbocycles. The number of para-hydroxylation sites is 1. The second kappa shape index (κ2) is 6.06. The second-order valence-electron chi connectivity index (χ2n) is 4.44. The fourth-order valence-electron chi connectivity index (χ4n) is 1.96. The molecule has 104 valence electrons. The number of amides is 1. The Labute approximate surface area is 118 Å². The zero-order valence-electron chi connectivity index (χ0n) is 11.5. The highest BCUT2D eigenvalue weighted by atomic mass is 16.5. The number of benzene rings is 1. The van der Waals surface area contributed by atoms with Gasteiger partial charge in [-0.15, -0.1) is 0 Å². The topological polar surface area (TPSA) is 68.5 Å². The van der Waals surface area contributed by atoms with Crippen molar-refractivity contribution in [1.29, 1.82) is 0 Å². The number of anilines is 1. The molecule has 0 aliphatic rings. The van der Waals surface area contributed by atoms with Crippen LogP contribution in [0.5, 0.6) is 5.75 Å². The number of carbonyl (C=O) groups is 1. The van der Waals surface area contributed by atoms with Gasteiger partial charge in [-0.25, -0.2) is 4.98 Å². The summed E-state index contributed by atoms with van der Waals surface area (Å²) in [6.45, 7) is 0.463. The molecule has 2 aromatic rings. The Morgan fingerprint density at radius 2 is 2.10 bits per heavy atom. The minimum Gasteiger partial charge on any atom is -0.496 e. The van der Waals surface area contributed by atoms with Gasteiger partial charge in [0.25, 0.3) is 5.91 Å². The van der Waals surface area contributed by atoms with Crippen molar-refractivity contribution in [3.05, 3.63) is 53.7 Å². The highest BCUT2D eigenvalue weighted by Gasteiger charge is 2.14. The third kappa shape index (κ3) is 3.06. The van der Waals surface area contributed by atoms with Crippen LogP contribution in [0.4, 0.5) is 5.82 Å². The Morgan fingerprint density at radius 3 is 2.80 bits per heavy atom. The van der Waals surface area contributed by atoms with Crippen molar-refractivity contribution in [3.63, 3.8) is 0 Å². The number of nitrogens with zero attached hydrogens (tertiary/aromatic N) is 2. The number of hydrogen-bond acceptors (Lipinski definition) is 4. The number of aromatic nitrogens is 1. The van der Waals surface area contributed by atoms with E-state index in [4.69, 9.17) is 10.5 Å². The van der Waals surface area contributed by atoms with Crippen LogP contribution in [0.25, 0.3) is 0 Å². The van der Waals surface area contributed by atoms with E-state index >= 15 is 0 Å². The molecule has 2 N–H and O–H groups in total. The highest BCUT2D eigenvalue weighted by Crippen LogP contribution is 2.19. The van der Waals surface area contributed by atoms with Crippen molar-refractivity contribution in [3.8, 4) is 5.75 Å². The normalized spacial score (nSPS) is 10.1. The van der Waals surface area contributed by atoms with Crippen molar-refractivity contribution >= 4 is 11.7 Å². The van der Waals surface area contributed by atoms with E-state index in [1.54, 1.807) is 31.2 Å². The summed E-state index contributed by atoms with van der Waals surface area (Å²) < 4.78 is 5.28. The molecule has 0 aliphatic heterocycles. The average molecular weight is 271 g/mol. The molecule has 0 saturated carbocycles. The lowest BCUT2D eigenvalue weighted by Crippen LogP contribution is -2.26. The maximum Gasteiger partial charge on any atom is 0.254 e. The molecular formula is C15H17N3O2. The molecule has 20 heavy (non-hydrogen) atoms. The van der Waals surface area contributed by atoms with Crippen LogP contribution < -0.4 is 10.5 Å². The maximum absolute atomic E-state index is 12.3.